The monoisotopic (exact) mass is 168 g/mol. The van der Waals surface area contributed by atoms with Crippen LogP contribution in [0.25, 0.3) is 0 Å². The van der Waals surface area contributed by atoms with Crippen molar-refractivity contribution in [3.8, 4) is 0 Å². The fourth-order valence-corrected chi connectivity index (χ4v) is 2.46. The van der Waals surface area contributed by atoms with Gasteiger partial charge < -0.3 is 10.2 Å². The lowest BCUT2D eigenvalue weighted by Crippen LogP contribution is -2.47. The van der Waals surface area contributed by atoms with Gasteiger partial charge in [-0.3, -0.25) is 4.79 Å². The number of hydrogen-bond donors (Lipinski definition) is 1. The van der Waals surface area contributed by atoms with E-state index in [-0.39, 0.29) is 5.91 Å². The molecule has 1 amide bonds. The number of carbonyl (C=O) groups excluding carboxylic acids is 1. The first-order chi connectivity index (χ1) is 5.79. The molecule has 2 atom stereocenters. The average molecular weight is 168 g/mol. The van der Waals surface area contributed by atoms with Crippen LogP contribution in [0.1, 0.15) is 19.8 Å². The van der Waals surface area contributed by atoms with Gasteiger partial charge in [0.2, 0.25) is 5.91 Å². The highest BCUT2D eigenvalue weighted by Crippen LogP contribution is 2.28. The second kappa shape index (κ2) is 3.05. The van der Waals surface area contributed by atoms with E-state index in [1.54, 1.807) is 6.92 Å². The second-order valence-electron chi connectivity index (χ2n) is 3.82. The minimum absolute atomic E-state index is 0.242. The molecule has 1 N–H and O–H groups in total. The number of piperidine rings is 1. The third kappa shape index (κ3) is 1.22. The van der Waals surface area contributed by atoms with Crippen LogP contribution in [-0.4, -0.2) is 36.5 Å². The van der Waals surface area contributed by atoms with Crippen molar-refractivity contribution in [3.63, 3.8) is 0 Å². The van der Waals surface area contributed by atoms with E-state index in [1.807, 2.05) is 4.90 Å². The summed E-state index contributed by atoms with van der Waals surface area (Å²) in [6, 6.07) is 0.497. The molecule has 3 heteroatoms. The number of amides is 1. The summed E-state index contributed by atoms with van der Waals surface area (Å²) in [4.78, 5) is 13.2. The molecule has 2 fully saturated rings. The average Bonchev–Trinajstić information content (AvgIpc) is 2.47. The molecular formula is C9H16N2O. The Morgan fingerprint density at radius 1 is 1.50 bits per heavy atom. The van der Waals surface area contributed by atoms with Crippen LogP contribution in [-0.2, 0) is 4.79 Å². The van der Waals surface area contributed by atoms with E-state index < -0.39 is 0 Å². The summed E-state index contributed by atoms with van der Waals surface area (Å²) in [5.41, 5.74) is 0. The Balaban J connectivity index is 2.05. The van der Waals surface area contributed by atoms with Gasteiger partial charge in [0.15, 0.2) is 0 Å². The number of rotatable bonds is 0. The van der Waals surface area contributed by atoms with Crippen molar-refractivity contribution < 1.29 is 4.79 Å². The van der Waals surface area contributed by atoms with E-state index in [1.165, 1.54) is 12.8 Å². The number of carbonyl (C=O) groups is 1. The molecule has 2 aliphatic heterocycles. The standard InChI is InChI=1S/C9H16N2O/c1-7(12)11-5-3-8-2-4-10-6-9(8)11/h8-10H,2-6H2,1H3/t8-,9-/m1/s1. The predicted octanol–water partition coefficient (Wildman–Crippen LogP) is 0.217. The molecule has 2 aliphatic rings. The summed E-state index contributed by atoms with van der Waals surface area (Å²) in [7, 11) is 0. The Bertz CT molecular complexity index is 193. The minimum atomic E-state index is 0.242. The van der Waals surface area contributed by atoms with E-state index >= 15 is 0 Å². The fourth-order valence-electron chi connectivity index (χ4n) is 2.46. The summed E-state index contributed by atoms with van der Waals surface area (Å²) < 4.78 is 0. The van der Waals surface area contributed by atoms with Crippen molar-refractivity contribution in [2.24, 2.45) is 5.92 Å². The van der Waals surface area contributed by atoms with Gasteiger partial charge in [-0.2, -0.15) is 0 Å². The van der Waals surface area contributed by atoms with E-state index in [0.717, 1.165) is 25.6 Å². The van der Waals surface area contributed by atoms with Crippen LogP contribution in [0.4, 0.5) is 0 Å². The zero-order valence-electron chi connectivity index (χ0n) is 7.55. The maximum atomic E-state index is 11.2. The van der Waals surface area contributed by atoms with Gasteiger partial charge in [0.05, 0.1) is 0 Å². The molecule has 0 bridgehead atoms. The maximum absolute atomic E-state index is 11.2. The van der Waals surface area contributed by atoms with Gasteiger partial charge in [0.1, 0.15) is 0 Å². The largest absolute Gasteiger partial charge is 0.338 e. The van der Waals surface area contributed by atoms with Gasteiger partial charge in [0, 0.05) is 26.1 Å². The number of fused-ring (bicyclic) bond motifs is 1. The second-order valence-corrected chi connectivity index (χ2v) is 3.82. The molecule has 0 unspecified atom stereocenters. The number of nitrogens with one attached hydrogen (secondary N) is 1. The van der Waals surface area contributed by atoms with Crippen LogP contribution in [0, 0.1) is 5.92 Å². The Labute approximate surface area is 73.1 Å². The summed E-state index contributed by atoms with van der Waals surface area (Å²) >= 11 is 0. The lowest BCUT2D eigenvalue weighted by molar-refractivity contribution is -0.130. The Kier molecular flexibility index (Phi) is 2.05. The van der Waals surface area contributed by atoms with Crippen molar-refractivity contribution in [3.05, 3.63) is 0 Å². The van der Waals surface area contributed by atoms with Gasteiger partial charge in [-0.15, -0.1) is 0 Å². The Hall–Kier alpha value is -0.570. The number of hydrogen-bond acceptors (Lipinski definition) is 2. The summed E-state index contributed by atoms with van der Waals surface area (Å²) in [5.74, 6) is 1.02. The quantitative estimate of drug-likeness (QED) is 0.561. The summed E-state index contributed by atoms with van der Waals surface area (Å²) in [6.45, 7) is 4.79. The first-order valence-electron chi connectivity index (χ1n) is 4.77. The van der Waals surface area contributed by atoms with Crippen molar-refractivity contribution >= 4 is 5.91 Å². The molecule has 12 heavy (non-hydrogen) atoms. The van der Waals surface area contributed by atoms with Gasteiger partial charge in [-0.25, -0.2) is 0 Å². The van der Waals surface area contributed by atoms with Crippen molar-refractivity contribution in [1.29, 1.82) is 0 Å². The van der Waals surface area contributed by atoms with Crippen molar-refractivity contribution in [2.45, 2.75) is 25.8 Å². The molecule has 0 saturated carbocycles. The predicted molar refractivity (Wildman–Crippen MR) is 46.8 cm³/mol. The first kappa shape index (κ1) is 8.05. The highest BCUT2D eigenvalue weighted by atomic mass is 16.2. The summed E-state index contributed by atoms with van der Waals surface area (Å²) in [6.07, 6.45) is 2.46. The lowest BCUT2D eigenvalue weighted by atomic mass is 9.93. The van der Waals surface area contributed by atoms with Crippen LogP contribution in [0.3, 0.4) is 0 Å². The molecule has 0 aliphatic carbocycles. The van der Waals surface area contributed by atoms with E-state index in [0.29, 0.717) is 6.04 Å². The first-order valence-corrected chi connectivity index (χ1v) is 4.77. The molecule has 2 heterocycles. The van der Waals surface area contributed by atoms with Crippen LogP contribution >= 0.6 is 0 Å². The molecule has 2 rings (SSSR count). The Morgan fingerprint density at radius 3 is 3.08 bits per heavy atom. The molecule has 0 aromatic rings. The van der Waals surface area contributed by atoms with Crippen LogP contribution in [0.5, 0.6) is 0 Å². The van der Waals surface area contributed by atoms with Crippen LogP contribution < -0.4 is 5.32 Å². The van der Waals surface area contributed by atoms with Crippen molar-refractivity contribution in [1.82, 2.24) is 10.2 Å². The van der Waals surface area contributed by atoms with Crippen LogP contribution in [0.2, 0.25) is 0 Å². The lowest BCUT2D eigenvalue weighted by Gasteiger charge is -2.31. The maximum Gasteiger partial charge on any atom is 0.219 e. The Morgan fingerprint density at radius 2 is 2.33 bits per heavy atom. The molecule has 0 aromatic carbocycles. The molecule has 0 spiro atoms. The smallest absolute Gasteiger partial charge is 0.219 e. The number of nitrogens with zero attached hydrogens (tertiary/aromatic N) is 1. The topological polar surface area (TPSA) is 32.3 Å². The van der Waals surface area contributed by atoms with E-state index in [9.17, 15) is 4.79 Å². The molecule has 2 saturated heterocycles. The van der Waals surface area contributed by atoms with Gasteiger partial charge in [0.25, 0.3) is 0 Å². The SMILES string of the molecule is CC(=O)N1CC[C@H]2CCNC[C@H]21. The zero-order chi connectivity index (χ0) is 8.55. The molecule has 0 radical (unpaired) electrons. The highest BCUT2D eigenvalue weighted by Gasteiger charge is 2.36. The van der Waals surface area contributed by atoms with Crippen LogP contribution in [0.15, 0.2) is 0 Å². The third-order valence-electron chi connectivity index (χ3n) is 3.14. The fraction of sp³-hybridized carbons (Fsp3) is 0.889. The third-order valence-corrected chi connectivity index (χ3v) is 3.14. The van der Waals surface area contributed by atoms with Gasteiger partial charge in [-0.05, 0) is 25.3 Å². The number of likely N-dealkylation sites (tertiary alicyclic amines) is 1. The molecule has 68 valence electrons. The molecule has 3 nitrogen and oxygen atoms in total. The van der Waals surface area contributed by atoms with E-state index in [4.69, 9.17) is 0 Å². The van der Waals surface area contributed by atoms with Gasteiger partial charge in [-0.1, -0.05) is 0 Å². The molecule has 0 aromatic heterocycles. The minimum Gasteiger partial charge on any atom is -0.338 e. The normalized spacial score (nSPS) is 34.9. The zero-order valence-corrected chi connectivity index (χ0v) is 7.55. The highest BCUT2D eigenvalue weighted by molar-refractivity contribution is 5.74. The van der Waals surface area contributed by atoms with Gasteiger partial charge >= 0.3 is 0 Å². The van der Waals surface area contributed by atoms with E-state index in [2.05, 4.69) is 5.32 Å². The molecular weight excluding hydrogens is 152 g/mol. The van der Waals surface area contributed by atoms with Crippen molar-refractivity contribution in [2.75, 3.05) is 19.6 Å². The summed E-state index contributed by atoms with van der Waals surface area (Å²) in [5, 5.41) is 3.35.